The third-order valence-electron chi connectivity index (χ3n) is 3.44. The second kappa shape index (κ2) is 7.27. The molecule has 0 fully saturated rings. The summed E-state index contributed by atoms with van der Waals surface area (Å²) in [5.41, 5.74) is 1.79. The lowest BCUT2D eigenvalue weighted by Crippen LogP contribution is -2.28. The molecule has 0 aliphatic heterocycles. The molecule has 0 aromatic heterocycles. The molecule has 1 amide bonds. The van der Waals surface area contributed by atoms with Gasteiger partial charge < -0.3 is 5.32 Å². The van der Waals surface area contributed by atoms with Gasteiger partial charge in [0.2, 0.25) is 5.91 Å². The molecule has 0 spiro atoms. The minimum absolute atomic E-state index is 0.0808. The average molecular weight is 396 g/mol. The molecular formula is C17H18BrNO3S. The van der Waals surface area contributed by atoms with Crippen LogP contribution >= 0.6 is 15.9 Å². The van der Waals surface area contributed by atoms with Gasteiger partial charge in [0.25, 0.3) is 0 Å². The Balaban J connectivity index is 2.01. The second-order valence-electron chi connectivity index (χ2n) is 5.44. The lowest BCUT2D eigenvalue weighted by atomic mass is 10.1. The Bertz CT molecular complexity index is 801. The first-order valence-electron chi connectivity index (χ1n) is 7.09. The van der Waals surface area contributed by atoms with E-state index in [2.05, 4.69) is 21.2 Å². The molecule has 0 radical (unpaired) electrons. The molecule has 23 heavy (non-hydrogen) atoms. The molecule has 6 heteroatoms. The van der Waals surface area contributed by atoms with Gasteiger partial charge in [0, 0.05) is 10.7 Å². The van der Waals surface area contributed by atoms with Gasteiger partial charge in [-0.1, -0.05) is 40.2 Å². The number of carbonyl (C=O) groups excluding carboxylic acids is 1. The van der Waals surface area contributed by atoms with Crippen LogP contribution in [-0.4, -0.2) is 20.6 Å². The molecule has 0 aliphatic carbocycles. The highest BCUT2D eigenvalue weighted by atomic mass is 79.9. The maximum Gasteiger partial charge on any atom is 0.224 e. The van der Waals surface area contributed by atoms with E-state index in [1.807, 2.05) is 31.2 Å². The summed E-state index contributed by atoms with van der Waals surface area (Å²) in [4.78, 5) is 12.4. The smallest absolute Gasteiger partial charge is 0.224 e. The van der Waals surface area contributed by atoms with Crippen molar-refractivity contribution in [1.29, 1.82) is 0 Å². The van der Waals surface area contributed by atoms with E-state index >= 15 is 0 Å². The number of halogens is 1. The minimum Gasteiger partial charge on any atom is -0.349 e. The zero-order chi connectivity index (χ0) is 17.0. The van der Waals surface area contributed by atoms with E-state index in [-0.39, 0.29) is 16.8 Å². The fraction of sp³-hybridized carbons (Fsp3) is 0.235. The van der Waals surface area contributed by atoms with Crippen molar-refractivity contribution in [3.05, 3.63) is 64.1 Å². The highest BCUT2D eigenvalue weighted by Gasteiger charge is 2.12. The van der Waals surface area contributed by atoms with Crippen molar-refractivity contribution >= 4 is 31.7 Å². The van der Waals surface area contributed by atoms with Gasteiger partial charge in [-0.25, -0.2) is 8.42 Å². The first-order valence-corrected chi connectivity index (χ1v) is 9.78. The highest BCUT2D eigenvalue weighted by Crippen LogP contribution is 2.17. The van der Waals surface area contributed by atoms with Crippen molar-refractivity contribution in [1.82, 2.24) is 5.32 Å². The topological polar surface area (TPSA) is 63.2 Å². The van der Waals surface area contributed by atoms with Crippen LogP contribution in [0.1, 0.15) is 24.1 Å². The molecule has 2 rings (SSSR count). The first-order chi connectivity index (χ1) is 10.8. The quantitative estimate of drug-likeness (QED) is 0.844. The molecule has 0 bridgehead atoms. The van der Waals surface area contributed by atoms with Crippen molar-refractivity contribution in [3.8, 4) is 0 Å². The monoisotopic (exact) mass is 395 g/mol. The minimum atomic E-state index is -3.20. The summed E-state index contributed by atoms with van der Waals surface area (Å²) in [6.45, 7) is 1.87. The Morgan fingerprint density at radius 3 is 2.39 bits per heavy atom. The predicted octanol–water partition coefficient (Wildman–Crippen LogP) is 3.27. The van der Waals surface area contributed by atoms with E-state index < -0.39 is 9.84 Å². The second-order valence-corrected chi connectivity index (χ2v) is 8.37. The van der Waals surface area contributed by atoms with Crippen LogP contribution in [0.4, 0.5) is 0 Å². The third kappa shape index (κ3) is 5.18. The molecule has 1 atom stereocenters. The van der Waals surface area contributed by atoms with Crippen LogP contribution in [0.25, 0.3) is 0 Å². The summed E-state index contributed by atoms with van der Waals surface area (Å²) in [7, 11) is -3.20. The molecule has 2 aromatic carbocycles. The summed E-state index contributed by atoms with van der Waals surface area (Å²) in [6.07, 6.45) is 1.47. The SMILES string of the molecule is C[C@H](NC(=O)Cc1cccc(Br)c1)c1ccc(S(C)(=O)=O)cc1. The number of hydrogen-bond donors (Lipinski definition) is 1. The largest absolute Gasteiger partial charge is 0.349 e. The lowest BCUT2D eigenvalue weighted by Gasteiger charge is -2.15. The number of nitrogens with one attached hydrogen (secondary N) is 1. The molecule has 0 aliphatic rings. The zero-order valence-corrected chi connectivity index (χ0v) is 15.3. The molecule has 0 saturated heterocycles. The van der Waals surface area contributed by atoms with Crippen LogP contribution in [-0.2, 0) is 21.1 Å². The summed E-state index contributed by atoms with van der Waals surface area (Å²) in [5.74, 6) is -0.0808. The van der Waals surface area contributed by atoms with E-state index in [9.17, 15) is 13.2 Å². The first kappa shape index (κ1) is 17.7. The van der Waals surface area contributed by atoms with Crippen molar-refractivity contribution in [2.45, 2.75) is 24.3 Å². The Hall–Kier alpha value is -1.66. The van der Waals surface area contributed by atoms with E-state index in [1.54, 1.807) is 24.3 Å². The number of hydrogen-bond acceptors (Lipinski definition) is 3. The standard InChI is InChI=1S/C17H18BrNO3S/c1-12(14-6-8-16(9-7-14)23(2,21)22)19-17(20)11-13-4-3-5-15(18)10-13/h3-10,12H,11H2,1-2H3,(H,19,20)/t12-/m0/s1. The van der Waals surface area contributed by atoms with Crippen molar-refractivity contribution in [3.63, 3.8) is 0 Å². The summed E-state index contributed by atoms with van der Waals surface area (Å²) in [6, 6.07) is 14.0. The van der Waals surface area contributed by atoms with Crippen molar-refractivity contribution in [2.75, 3.05) is 6.26 Å². The van der Waals surface area contributed by atoms with Gasteiger partial charge in [-0.05, 0) is 42.3 Å². The predicted molar refractivity (Wildman–Crippen MR) is 94.0 cm³/mol. The molecule has 1 N–H and O–H groups in total. The fourth-order valence-electron chi connectivity index (χ4n) is 2.21. The van der Waals surface area contributed by atoms with Gasteiger partial charge in [0.1, 0.15) is 0 Å². The molecule has 122 valence electrons. The van der Waals surface area contributed by atoms with E-state index in [0.717, 1.165) is 15.6 Å². The number of carbonyl (C=O) groups is 1. The Morgan fingerprint density at radius 2 is 1.83 bits per heavy atom. The third-order valence-corrected chi connectivity index (χ3v) is 5.06. The molecule has 0 heterocycles. The van der Waals surface area contributed by atoms with E-state index in [4.69, 9.17) is 0 Å². The maximum atomic E-state index is 12.1. The summed E-state index contributed by atoms with van der Waals surface area (Å²) >= 11 is 3.38. The van der Waals surface area contributed by atoms with Gasteiger partial charge in [-0.3, -0.25) is 4.79 Å². The number of benzene rings is 2. The van der Waals surface area contributed by atoms with Crippen LogP contribution in [0.5, 0.6) is 0 Å². The summed E-state index contributed by atoms with van der Waals surface area (Å²) < 4.78 is 23.8. The normalized spacial score (nSPS) is 12.7. The number of sulfone groups is 1. The highest BCUT2D eigenvalue weighted by molar-refractivity contribution is 9.10. The molecule has 2 aromatic rings. The van der Waals surface area contributed by atoms with E-state index in [0.29, 0.717) is 6.42 Å². The number of rotatable bonds is 5. The van der Waals surface area contributed by atoms with E-state index in [1.165, 1.54) is 6.26 Å². The van der Waals surface area contributed by atoms with Gasteiger partial charge in [0.15, 0.2) is 9.84 Å². The molecule has 0 saturated carbocycles. The zero-order valence-electron chi connectivity index (χ0n) is 12.9. The van der Waals surface area contributed by atoms with Crippen molar-refractivity contribution < 1.29 is 13.2 Å². The van der Waals surface area contributed by atoms with Crippen molar-refractivity contribution in [2.24, 2.45) is 0 Å². The van der Waals surface area contributed by atoms with Gasteiger partial charge in [0.05, 0.1) is 17.4 Å². The maximum absolute atomic E-state index is 12.1. The molecule has 4 nitrogen and oxygen atoms in total. The molecular weight excluding hydrogens is 378 g/mol. The van der Waals surface area contributed by atoms with Crippen LogP contribution in [0.15, 0.2) is 57.9 Å². The Labute approximate surface area is 145 Å². The lowest BCUT2D eigenvalue weighted by molar-refractivity contribution is -0.121. The number of amides is 1. The Kier molecular flexibility index (Phi) is 5.59. The van der Waals surface area contributed by atoms with Crippen LogP contribution < -0.4 is 5.32 Å². The van der Waals surface area contributed by atoms with Gasteiger partial charge in [-0.2, -0.15) is 0 Å². The van der Waals surface area contributed by atoms with Crippen LogP contribution in [0, 0.1) is 0 Å². The summed E-state index contributed by atoms with van der Waals surface area (Å²) in [5, 5.41) is 2.92. The average Bonchev–Trinajstić information content (AvgIpc) is 2.46. The van der Waals surface area contributed by atoms with Crippen LogP contribution in [0.2, 0.25) is 0 Å². The molecule has 0 unspecified atom stereocenters. The Morgan fingerprint density at radius 1 is 1.17 bits per heavy atom. The van der Waals surface area contributed by atoms with Gasteiger partial charge in [-0.15, -0.1) is 0 Å². The fourth-order valence-corrected chi connectivity index (χ4v) is 3.29. The van der Waals surface area contributed by atoms with Gasteiger partial charge >= 0.3 is 0 Å². The van der Waals surface area contributed by atoms with Crippen LogP contribution in [0.3, 0.4) is 0 Å².